The van der Waals surface area contributed by atoms with Crippen LogP contribution in [0, 0.1) is 6.92 Å². The Balaban J connectivity index is 1.71. The fourth-order valence-electron chi connectivity index (χ4n) is 4.10. The van der Waals surface area contributed by atoms with E-state index in [9.17, 15) is 19.5 Å². The van der Waals surface area contributed by atoms with Crippen molar-refractivity contribution < 1.29 is 24.2 Å². The highest BCUT2D eigenvalue weighted by molar-refractivity contribution is 7.09. The van der Waals surface area contributed by atoms with Gasteiger partial charge in [-0.2, -0.15) is 0 Å². The Morgan fingerprint density at radius 2 is 1.92 bits per heavy atom. The Hall–Kier alpha value is -3.83. The molecule has 1 saturated heterocycles. The Bertz CT molecular complexity index is 1330. The maximum Gasteiger partial charge on any atom is 0.337 e. The smallest absolute Gasteiger partial charge is 0.337 e. The molecule has 1 aliphatic heterocycles. The van der Waals surface area contributed by atoms with Gasteiger partial charge in [0.05, 0.1) is 41.8 Å². The van der Waals surface area contributed by atoms with E-state index in [2.05, 4.69) is 16.9 Å². The molecule has 37 heavy (non-hydrogen) atoms. The summed E-state index contributed by atoms with van der Waals surface area (Å²) in [7, 11) is 1.34. The Morgan fingerprint density at radius 1 is 1.16 bits per heavy atom. The number of amides is 3. The molecule has 1 N–H and O–H groups in total. The number of carbonyl (C=O) groups is 3. The van der Waals surface area contributed by atoms with Crippen molar-refractivity contribution in [2.24, 2.45) is 0 Å². The van der Waals surface area contributed by atoms with E-state index in [-0.39, 0.29) is 12.2 Å². The molecule has 1 aromatic carbocycles. The van der Waals surface area contributed by atoms with Gasteiger partial charge in [0, 0.05) is 18.3 Å². The number of carbonyl (C=O) groups excluding carboxylic acids is 3. The number of hydrogen-bond donors (Lipinski definition) is 1. The summed E-state index contributed by atoms with van der Waals surface area (Å²) in [6.45, 7) is 3.83. The number of methoxy groups -OCH3 is 1. The molecule has 11 heteroatoms. The number of nitrogens with zero attached hydrogens (tertiary/aromatic N) is 5. The van der Waals surface area contributed by atoms with Gasteiger partial charge in [-0.1, -0.05) is 25.5 Å². The predicted molar refractivity (Wildman–Crippen MR) is 137 cm³/mol. The first-order valence-electron chi connectivity index (χ1n) is 11.9. The third kappa shape index (κ3) is 5.62. The number of aliphatic hydroxyl groups is 1. The van der Waals surface area contributed by atoms with Crippen molar-refractivity contribution in [3.8, 4) is 0 Å². The van der Waals surface area contributed by atoms with Gasteiger partial charge in [-0.05, 0) is 37.1 Å². The first kappa shape index (κ1) is 26.2. The van der Waals surface area contributed by atoms with Crippen molar-refractivity contribution in [2.45, 2.75) is 46.2 Å². The number of imidazole rings is 1. The van der Waals surface area contributed by atoms with E-state index >= 15 is 0 Å². The van der Waals surface area contributed by atoms with Gasteiger partial charge in [0.2, 0.25) is 0 Å². The van der Waals surface area contributed by atoms with Gasteiger partial charge in [-0.25, -0.2) is 24.5 Å². The summed E-state index contributed by atoms with van der Waals surface area (Å²) in [6, 6.07) is 6.51. The highest BCUT2D eigenvalue weighted by atomic mass is 32.1. The molecule has 0 atom stereocenters. The van der Waals surface area contributed by atoms with Gasteiger partial charge in [0.25, 0.3) is 5.91 Å². The maximum absolute atomic E-state index is 13.1. The molecular formula is C26H29N5O5S. The predicted octanol–water partition coefficient (Wildman–Crippen LogP) is 3.58. The average Bonchev–Trinajstić information content (AvgIpc) is 3.55. The van der Waals surface area contributed by atoms with Gasteiger partial charge >= 0.3 is 12.0 Å². The minimum Gasteiger partial charge on any atom is -0.465 e. The molecule has 3 aromatic rings. The topological polar surface area (TPSA) is 118 Å². The van der Waals surface area contributed by atoms with Crippen LogP contribution < -0.4 is 0 Å². The molecule has 0 spiro atoms. The number of aryl methyl sites for hydroxylation is 2. The molecular weight excluding hydrogens is 494 g/mol. The Kier molecular flexibility index (Phi) is 8.14. The molecule has 194 valence electrons. The highest BCUT2D eigenvalue weighted by Gasteiger charge is 2.41. The van der Waals surface area contributed by atoms with Crippen LogP contribution in [0.3, 0.4) is 0 Å². The quantitative estimate of drug-likeness (QED) is 0.245. The SMILES string of the molecule is CCCCc1ncc(/C=C2/C(=O)N(CO)C(=O)N2Cc2csc(C)n2)n1Cc1ccc(C(=O)OC)cc1. The number of imide groups is 1. The summed E-state index contributed by atoms with van der Waals surface area (Å²) < 4.78 is 6.78. The van der Waals surface area contributed by atoms with Gasteiger partial charge in [0.15, 0.2) is 0 Å². The Morgan fingerprint density at radius 3 is 2.54 bits per heavy atom. The first-order chi connectivity index (χ1) is 17.9. The zero-order valence-electron chi connectivity index (χ0n) is 21.0. The molecule has 10 nitrogen and oxygen atoms in total. The second kappa shape index (κ2) is 11.5. The summed E-state index contributed by atoms with van der Waals surface area (Å²) in [5.74, 6) is -0.135. The second-order valence-corrected chi connectivity index (χ2v) is 9.67. The van der Waals surface area contributed by atoms with Crippen molar-refractivity contribution in [1.29, 1.82) is 0 Å². The van der Waals surface area contributed by atoms with Crippen LogP contribution >= 0.6 is 11.3 Å². The number of hydrogen-bond acceptors (Lipinski definition) is 8. The fourth-order valence-corrected chi connectivity index (χ4v) is 4.70. The van der Waals surface area contributed by atoms with Crippen LogP contribution in [0.25, 0.3) is 6.08 Å². The van der Waals surface area contributed by atoms with Crippen LogP contribution in [0.1, 0.15) is 57.9 Å². The largest absolute Gasteiger partial charge is 0.465 e. The number of aromatic nitrogens is 3. The molecule has 3 heterocycles. The van der Waals surface area contributed by atoms with E-state index < -0.39 is 24.6 Å². The third-order valence-electron chi connectivity index (χ3n) is 6.07. The summed E-state index contributed by atoms with van der Waals surface area (Å²) in [5, 5.41) is 12.4. The first-order valence-corrected chi connectivity index (χ1v) is 12.8. The van der Waals surface area contributed by atoms with Gasteiger partial charge < -0.3 is 14.4 Å². The lowest BCUT2D eigenvalue weighted by Gasteiger charge is -2.16. The molecule has 0 radical (unpaired) electrons. The molecule has 1 fully saturated rings. The van der Waals surface area contributed by atoms with Crippen LogP contribution in [-0.2, 0) is 29.0 Å². The molecule has 0 aliphatic carbocycles. The Labute approximate surface area is 218 Å². The summed E-state index contributed by atoms with van der Waals surface area (Å²) in [6.07, 6.45) is 6.01. The standard InChI is InChI=1S/C26H29N5O5S/c1-4-5-6-23-27-12-21(29(23)13-18-7-9-19(10-8-18)25(34)36-3)11-22-24(33)31(16-32)26(35)30(22)14-20-15-37-17(2)28-20/h7-12,15,32H,4-6,13-14,16H2,1-3H3/b22-11-. The zero-order valence-corrected chi connectivity index (χ0v) is 21.8. The number of aliphatic hydroxyl groups excluding tert-OH is 1. The summed E-state index contributed by atoms with van der Waals surface area (Å²) >= 11 is 1.46. The van der Waals surface area contributed by atoms with E-state index in [1.54, 1.807) is 24.4 Å². The van der Waals surface area contributed by atoms with Crippen molar-refractivity contribution in [1.82, 2.24) is 24.3 Å². The number of esters is 1. The average molecular weight is 524 g/mol. The molecule has 0 bridgehead atoms. The lowest BCUT2D eigenvalue weighted by Crippen LogP contribution is -2.33. The van der Waals surface area contributed by atoms with Crippen molar-refractivity contribution in [3.05, 3.63) is 74.9 Å². The normalized spacial score (nSPS) is 14.8. The lowest BCUT2D eigenvalue weighted by atomic mass is 10.1. The van der Waals surface area contributed by atoms with Gasteiger partial charge in [-0.3, -0.25) is 9.69 Å². The van der Waals surface area contributed by atoms with E-state index in [0.717, 1.165) is 40.6 Å². The van der Waals surface area contributed by atoms with Crippen LogP contribution in [0.5, 0.6) is 0 Å². The molecule has 0 unspecified atom stereocenters. The number of benzene rings is 1. The van der Waals surface area contributed by atoms with Crippen LogP contribution in [0.15, 0.2) is 41.5 Å². The third-order valence-corrected chi connectivity index (χ3v) is 6.89. The van der Waals surface area contributed by atoms with Crippen LogP contribution in [0.2, 0.25) is 0 Å². The zero-order chi connectivity index (χ0) is 26.5. The van der Waals surface area contributed by atoms with Crippen molar-refractivity contribution in [3.63, 3.8) is 0 Å². The minimum absolute atomic E-state index is 0.114. The summed E-state index contributed by atoms with van der Waals surface area (Å²) in [5.41, 5.74) is 2.85. The number of thiazole rings is 1. The molecule has 1 aliphatic rings. The van der Waals surface area contributed by atoms with Gasteiger partial charge in [0.1, 0.15) is 18.3 Å². The number of rotatable bonds is 10. The number of unbranched alkanes of at least 4 members (excludes halogenated alkanes) is 1. The molecule has 4 rings (SSSR count). The fraction of sp³-hybridized carbons (Fsp3) is 0.346. The van der Waals surface area contributed by atoms with Crippen molar-refractivity contribution >= 4 is 35.3 Å². The number of urea groups is 1. The number of ether oxygens (including phenoxy) is 1. The highest BCUT2D eigenvalue weighted by Crippen LogP contribution is 2.27. The molecule has 3 amide bonds. The van der Waals surface area contributed by atoms with Crippen molar-refractivity contribution in [2.75, 3.05) is 13.8 Å². The minimum atomic E-state index is -0.713. The van der Waals surface area contributed by atoms with E-state index in [1.165, 1.54) is 23.3 Å². The van der Waals surface area contributed by atoms with E-state index in [1.807, 2.05) is 29.0 Å². The van der Waals surface area contributed by atoms with Crippen LogP contribution in [-0.4, -0.2) is 61.2 Å². The van der Waals surface area contributed by atoms with E-state index in [4.69, 9.17) is 4.74 Å². The second-order valence-electron chi connectivity index (χ2n) is 8.61. The molecule has 0 saturated carbocycles. The summed E-state index contributed by atoms with van der Waals surface area (Å²) in [4.78, 5) is 49.0. The van der Waals surface area contributed by atoms with Gasteiger partial charge in [-0.15, -0.1) is 11.3 Å². The lowest BCUT2D eigenvalue weighted by molar-refractivity contribution is -0.125. The van der Waals surface area contributed by atoms with Crippen LogP contribution in [0.4, 0.5) is 4.79 Å². The van der Waals surface area contributed by atoms with E-state index in [0.29, 0.717) is 23.5 Å². The maximum atomic E-state index is 13.1. The monoisotopic (exact) mass is 523 g/mol. The molecule has 2 aromatic heterocycles.